The zero-order valence-electron chi connectivity index (χ0n) is 13.2. The highest BCUT2D eigenvalue weighted by Gasteiger charge is 2.19. The highest BCUT2D eigenvalue weighted by molar-refractivity contribution is 5.27. The average molecular weight is 296 g/mol. The number of hydrogen-bond donors (Lipinski definition) is 1. The van der Waals surface area contributed by atoms with E-state index >= 15 is 0 Å². The van der Waals surface area contributed by atoms with Crippen molar-refractivity contribution in [1.82, 2.24) is 10.2 Å². The largest absolute Gasteiger partial charge is 0.497 e. The van der Waals surface area contributed by atoms with E-state index < -0.39 is 0 Å². The van der Waals surface area contributed by atoms with Gasteiger partial charge in [0.25, 0.3) is 0 Å². The van der Waals surface area contributed by atoms with Crippen molar-refractivity contribution in [2.75, 3.05) is 26.7 Å². The van der Waals surface area contributed by atoms with Crippen LogP contribution in [-0.4, -0.2) is 37.7 Å². The summed E-state index contributed by atoms with van der Waals surface area (Å²) < 4.78 is 5.22. The third-order valence-electron chi connectivity index (χ3n) is 4.23. The number of benzene rings is 2. The molecule has 0 amide bonds. The minimum absolute atomic E-state index is 0.536. The number of piperazine rings is 1. The Labute approximate surface area is 132 Å². The van der Waals surface area contributed by atoms with Crippen LogP contribution in [0.2, 0.25) is 0 Å². The Morgan fingerprint density at radius 3 is 2.55 bits per heavy atom. The van der Waals surface area contributed by atoms with Crippen molar-refractivity contribution in [2.45, 2.75) is 19.0 Å². The quantitative estimate of drug-likeness (QED) is 0.918. The predicted octanol–water partition coefficient (Wildman–Crippen LogP) is 2.71. The van der Waals surface area contributed by atoms with E-state index in [9.17, 15) is 0 Å². The van der Waals surface area contributed by atoms with Crippen molar-refractivity contribution >= 4 is 0 Å². The summed E-state index contributed by atoms with van der Waals surface area (Å²) in [6.45, 7) is 4.28. The lowest BCUT2D eigenvalue weighted by Gasteiger charge is -2.34. The van der Waals surface area contributed by atoms with Crippen molar-refractivity contribution in [3.63, 3.8) is 0 Å². The first-order valence-corrected chi connectivity index (χ1v) is 7.96. The van der Waals surface area contributed by atoms with Gasteiger partial charge in [0, 0.05) is 32.2 Å². The summed E-state index contributed by atoms with van der Waals surface area (Å²) in [5, 5.41) is 3.64. The summed E-state index contributed by atoms with van der Waals surface area (Å²) in [5.74, 6) is 0.922. The van der Waals surface area contributed by atoms with Gasteiger partial charge in [0.1, 0.15) is 5.75 Å². The molecular weight excluding hydrogens is 272 g/mol. The molecule has 3 nitrogen and oxygen atoms in total. The smallest absolute Gasteiger partial charge is 0.118 e. The monoisotopic (exact) mass is 296 g/mol. The molecule has 0 spiro atoms. The van der Waals surface area contributed by atoms with Gasteiger partial charge in [-0.2, -0.15) is 0 Å². The number of hydrogen-bond acceptors (Lipinski definition) is 3. The van der Waals surface area contributed by atoms with E-state index in [-0.39, 0.29) is 0 Å². The Morgan fingerprint density at radius 1 is 1.05 bits per heavy atom. The summed E-state index contributed by atoms with van der Waals surface area (Å²) in [6, 6.07) is 19.7. The van der Waals surface area contributed by atoms with Gasteiger partial charge in [0.2, 0.25) is 0 Å². The molecule has 2 aromatic carbocycles. The zero-order chi connectivity index (χ0) is 15.2. The fraction of sp³-hybridized carbons (Fsp3) is 0.368. The van der Waals surface area contributed by atoms with Crippen LogP contribution in [-0.2, 0) is 13.0 Å². The molecule has 1 heterocycles. The molecule has 1 unspecified atom stereocenters. The van der Waals surface area contributed by atoms with Gasteiger partial charge < -0.3 is 10.1 Å². The highest BCUT2D eigenvalue weighted by atomic mass is 16.5. The van der Waals surface area contributed by atoms with Crippen LogP contribution in [0.4, 0.5) is 0 Å². The summed E-state index contributed by atoms with van der Waals surface area (Å²) in [6.07, 6.45) is 1.10. The Kier molecular flexibility index (Phi) is 5.09. The summed E-state index contributed by atoms with van der Waals surface area (Å²) >= 11 is 0. The van der Waals surface area contributed by atoms with E-state index in [0.29, 0.717) is 6.04 Å². The Balaban J connectivity index is 1.55. The molecule has 1 fully saturated rings. The second-order valence-corrected chi connectivity index (χ2v) is 5.92. The molecule has 1 atom stereocenters. The summed E-state index contributed by atoms with van der Waals surface area (Å²) in [7, 11) is 1.71. The first kappa shape index (κ1) is 15.1. The van der Waals surface area contributed by atoms with E-state index in [1.807, 2.05) is 12.1 Å². The number of nitrogens with zero attached hydrogens (tertiary/aromatic N) is 1. The highest BCUT2D eigenvalue weighted by Crippen LogP contribution is 2.15. The van der Waals surface area contributed by atoms with Crippen LogP contribution in [0.1, 0.15) is 11.1 Å². The van der Waals surface area contributed by atoms with Gasteiger partial charge in [-0.15, -0.1) is 0 Å². The van der Waals surface area contributed by atoms with Gasteiger partial charge in [0.15, 0.2) is 0 Å². The molecule has 0 bridgehead atoms. The summed E-state index contributed by atoms with van der Waals surface area (Å²) in [4.78, 5) is 2.53. The third-order valence-corrected chi connectivity index (χ3v) is 4.23. The molecule has 0 aliphatic carbocycles. The average Bonchev–Trinajstić information content (AvgIpc) is 2.57. The SMILES string of the molecule is COc1ccc(CN2CCNC(Cc3ccccc3)C2)cc1. The number of ether oxygens (including phenoxy) is 1. The lowest BCUT2D eigenvalue weighted by atomic mass is 10.0. The van der Waals surface area contributed by atoms with Crippen molar-refractivity contribution in [2.24, 2.45) is 0 Å². The third kappa shape index (κ3) is 4.09. The lowest BCUT2D eigenvalue weighted by Crippen LogP contribution is -2.51. The van der Waals surface area contributed by atoms with E-state index in [0.717, 1.165) is 38.3 Å². The minimum Gasteiger partial charge on any atom is -0.497 e. The fourth-order valence-electron chi connectivity index (χ4n) is 3.06. The molecule has 1 saturated heterocycles. The maximum absolute atomic E-state index is 5.22. The van der Waals surface area contributed by atoms with E-state index in [1.54, 1.807) is 7.11 Å². The van der Waals surface area contributed by atoms with Crippen LogP contribution in [0.15, 0.2) is 54.6 Å². The standard InChI is InChI=1S/C19H24N2O/c1-22-19-9-7-17(8-10-19)14-21-12-11-20-18(15-21)13-16-5-3-2-4-6-16/h2-10,18,20H,11-15H2,1H3. The number of methoxy groups -OCH3 is 1. The lowest BCUT2D eigenvalue weighted by molar-refractivity contribution is 0.192. The van der Waals surface area contributed by atoms with Crippen molar-refractivity contribution in [1.29, 1.82) is 0 Å². The van der Waals surface area contributed by atoms with Gasteiger partial charge in [-0.1, -0.05) is 42.5 Å². The van der Waals surface area contributed by atoms with Crippen molar-refractivity contribution in [3.05, 3.63) is 65.7 Å². The Bertz CT molecular complexity index is 568. The molecule has 1 aliphatic rings. The van der Waals surface area contributed by atoms with E-state index in [1.165, 1.54) is 11.1 Å². The molecule has 1 aliphatic heterocycles. The predicted molar refractivity (Wildman–Crippen MR) is 90.2 cm³/mol. The normalized spacial score (nSPS) is 19.0. The number of rotatable bonds is 5. The molecular formula is C19H24N2O. The molecule has 3 rings (SSSR count). The fourth-order valence-corrected chi connectivity index (χ4v) is 3.06. The second-order valence-electron chi connectivity index (χ2n) is 5.92. The molecule has 0 aromatic heterocycles. The first-order valence-electron chi connectivity index (χ1n) is 7.96. The van der Waals surface area contributed by atoms with Gasteiger partial charge in [0.05, 0.1) is 7.11 Å². The van der Waals surface area contributed by atoms with Crippen LogP contribution in [0, 0.1) is 0 Å². The topological polar surface area (TPSA) is 24.5 Å². The van der Waals surface area contributed by atoms with Gasteiger partial charge in [-0.25, -0.2) is 0 Å². The Morgan fingerprint density at radius 2 is 1.82 bits per heavy atom. The first-order chi connectivity index (χ1) is 10.8. The van der Waals surface area contributed by atoms with E-state index in [4.69, 9.17) is 4.74 Å². The molecule has 3 heteroatoms. The summed E-state index contributed by atoms with van der Waals surface area (Å²) in [5.41, 5.74) is 2.76. The van der Waals surface area contributed by atoms with Crippen LogP contribution in [0.25, 0.3) is 0 Å². The van der Waals surface area contributed by atoms with Crippen LogP contribution >= 0.6 is 0 Å². The molecule has 2 aromatic rings. The van der Waals surface area contributed by atoms with Crippen LogP contribution in [0.3, 0.4) is 0 Å². The molecule has 0 radical (unpaired) electrons. The van der Waals surface area contributed by atoms with Crippen molar-refractivity contribution in [3.8, 4) is 5.75 Å². The molecule has 22 heavy (non-hydrogen) atoms. The minimum atomic E-state index is 0.536. The van der Waals surface area contributed by atoms with Crippen LogP contribution in [0.5, 0.6) is 5.75 Å². The maximum Gasteiger partial charge on any atom is 0.118 e. The molecule has 116 valence electrons. The van der Waals surface area contributed by atoms with Crippen molar-refractivity contribution < 1.29 is 4.74 Å². The second kappa shape index (κ2) is 7.43. The number of nitrogens with one attached hydrogen (secondary N) is 1. The van der Waals surface area contributed by atoms with E-state index in [2.05, 4.69) is 52.7 Å². The zero-order valence-corrected chi connectivity index (χ0v) is 13.2. The molecule has 1 N–H and O–H groups in total. The van der Waals surface area contributed by atoms with Crippen LogP contribution < -0.4 is 10.1 Å². The van der Waals surface area contributed by atoms with Gasteiger partial charge >= 0.3 is 0 Å². The maximum atomic E-state index is 5.22. The van der Waals surface area contributed by atoms with Gasteiger partial charge in [-0.05, 0) is 29.7 Å². The molecule has 0 saturated carbocycles. The Hall–Kier alpha value is -1.84. The van der Waals surface area contributed by atoms with Gasteiger partial charge in [-0.3, -0.25) is 4.90 Å².